The van der Waals surface area contributed by atoms with Crippen LogP contribution in [0.2, 0.25) is 0 Å². The van der Waals surface area contributed by atoms with Gasteiger partial charge in [-0.2, -0.15) is 0 Å². The predicted octanol–water partition coefficient (Wildman–Crippen LogP) is 6.03. The third-order valence-electron chi connectivity index (χ3n) is 6.98. The molecule has 0 spiro atoms. The molecule has 0 bridgehead atoms. The lowest BCUT2D eigenvalue weighted by Crippen LogP contribution is -2.27. The summed E-state index contributed by atoms with van der Waals surface area (Å²) in [6.45, 7) is 5.11. The SMILES string of the molecule is Cc1ccc(Cn2c([C@@H]3CCCC[C@H]3C(=O)O)nc3ccc(OCc4ccc(C)cn4)cc32)cc1. The maximum absolute atomic E-state index is 12.1. The van der Waals surface area contributed by atoms with Crippen LogP contribution in [0.15, 0.2) is 60.8 Å². The molecule has 2 aromatic heterocycles. The highest BCUT2D eigenvalue weighted by molar-refractivity contribution is 5.79. The predicted molar refractivity (Wildman–Crippen MR) is 136 cm³/mol. The summed E-state index contributed by atoms with van der Waals surface area (Å²) in [6, 6.07) is 18.4. The van der Waals surface area contributed by atoms with Gasteiger partial charge in [0.25, 0.3) is 0 Å². The van der Waals surface area contributed by atoms with Crippen molar-refractivity contribution in [2.45, 2.75) is 58.6 Å². The lowest BCUT2D eigenvalue weighted by Gasteiger charge is -2.28. The van der Waals surface area contributed by atoms with Crippen molar-refractivity contribution in [3.63, 3.8) is 0 Å². The number of ether oxygens (including phenoxy) is 1. The molecule has 1 aliphatic rings. The number of nitrogens with zero attached hydrogens (tertiary/aromatic N) is 3. The van der Waals surface area contributed by atoms with Gasteiger partial charge >= 0.3 is 5.97 Å². The summed E-state index contributed by atoms with van der Waals surface area (Å²) in [5, 5.41) is 9.93. The number of hydrogen-bond acceptors (Lipinski definition) is 4. The summed E-state index contributed by atoms with van der Waals surface area (Å²) in [7, 11) is 0. The number of benzene rings is 2. The van der Waals surface area contributed by atoms with Gasteiger partial charge in [-0.15, -0.1) is 0 Å². The van der Waals surface area contributed by atoms with Crippen molar-refractivity contribution in [3.8, 4) is 5.75 Å². The van der Waals surface area contributed by atoms with Crippen LogP contribution in [-0.4, -0.2) is 25.6 Å². The van der Waals surface area contributed by atoms with Crippen LogP contribution in [0.3, 0.4) is 0 Å². The fourth-order valence-electron chi connectivity index (χ4n) is 5.01. The summed E-state index contributed by atoms with van der Waals surface area (Å²) >= 11 is 0. The van der Waals surface area contributed by atoms with Crippen LogP contribution in [0.5, 0.6) is 5.75 Å². The maximum Gasteiger partial charge on any atom is 0.307 e. The Hall–Kier alpha value is -3.67. The number of hydrogen-bond donors (Lipinski definition) is 1. The quantitative estimate of drug-likeness (QED) is 0.357. The Kier molecular flexibility index (Phi) is 6.53. The minimum atomic E-state index is -0.724. The van der Waals surface area contributed by atoms with Gasteiger partial charge in [-0.1, -0.05) is 48.7 Å². The van der Waals surface area contributed by atoms with Gasteiger partial charge in [0, 0.05) is 24.7 Å². The number of carboxylic acid groups (broad SMARTS) is 1. The minimum Gasteiger partial charge on any atom is -0.487 e. The van der Waals surface area contributed by atoms with Crippen LogP contribution in [0.25, 0.3) is 11.0 Å². The van der Waals surface area contributed by atoms with Crippen molar-refractivity contribution in [1.29, 1.82) is 0 Å². The van der Waals surface area contributed by atoms with E-state index in [9.17, 15) is 9.90 Å². The molecule has 180 valence electrons. The second-order valence-electron chi connectivity index (χ2n) is 9.64. The molecule has 2 heterocycles. The topological polar surface area (TPSA) is 77.2 Å². The van der Waals surface area contributed by atoms with Crippen LogP contribution in [0.1, 0.15) is 59.8 Å². The molecule has 35 heavy (non-hydrogen) atoms. The summed E-state index contributed by atoms with van der Waals surface area (Å²) < 4.78 is 8.27. The van der Waals surface area contributed by atoms with Crippen LogP contribution in [0.4, 0.5) is 0 Å². The number of pyridine rings is 1. The Labute approximate surface area is 205 Å². The van der Waals surface area contributed by atoms with E-state index in [0.717, 1.165) is 58.7 Å². The molecule has 4 aromatic rings. The van der Waals surface area contributed by atoms with Gasteiger partial charge in [-0.3, -0.25) is 9.78 Å². The lowest BCUT2D eigenvalue weighted by molar-refractivity contribution is -0.143. The zero-order valence-electron chi connectivity index (χ0n) is 20.3. The largest absolute Gasteiger partial charge is 0.487 e. The summed E-state index contributed by atoms with van der Waals surface area (Å²) in [4.78, 5) is 21.5. The number of imidazole rings is 1. The van der Waals surface area contributed by atoms with Crippen molar-refractivity contribution in [2.75, 3.05) is 0 Å². The van der Waals surface area contributed by atoms with Crippen LogP contribution < -0.4 is 4.74 Å². The molecule has 1 saturated carbocycles. The Morgan fingerprint density at radius 1 is 1.03 bits per heavy atom. The van der Waals surface area contributed by atoms with Gasteiger partial charge in [0.2, 0.25) is 0 Å². The average molecular weight is 470 g/mol. The molecule has 0 radical (unpaired) electrons. The van der Waals surface area contributed by atoms with Gasteiger partial charge in [0.15, 0.2) is 0 Å². The van der Waals surface area contributed by atoms with Gasteiger partial charge in [0.05, 0.1) is 22.6 Å². The van der Waals surface area contributed by atoms with E-state index in [-0.39, 0.29) is 5.92 Å². The smallest absolute Gasteiger partial charge is 0.307 e. The average Bonchev–Trinajstić information content (AvgIpc) is 3.22. The summed E-state index contributed by atoms with van der Waals surface area (Å²) in [5.41, 5.74) is 6.19. The third-order valence-corrected chi connectivity index (χ3v) is 6.98. The lowest BCUT2D eigenvalue weighted by atomic mass is 9.78. The van der Waals surface area contributed by atoms with Crippen molar-refractivity contribution in [3.05, 3.63) is 89.0 Å². The molecule has 6 heteroatoms. The highest BCUT2D eigenvalue weighted by atomic mass is 16.5. The minimum absolute atomic E-state index is 0.0970. The van der Waals surface area contributed by atoms with Crippen molar-refractivity contribution in [1.82, 2.24) is 14.5 Å². The number of aliphatic carboxylic acids is 1. The van der Waals surface area contributed by atoms with Crippen molar-refractivity contribution < 1.29 is 14.6 Å². The molecule has 1 fully saturated rings. The highest BCUT2D eigenvalue weighted by Gasteiger charge is 2.35. The molecule has 0 unspecified atom stereocenters. The molecule has 1 aliphatic carbocycles. The van der Waals surface area contributed by atoms with E-state index >= 15 is 0 Å². The van der Waals surface area contributed by atoms with Gasteiger partial charge in [-0.25, -0.2) is 4.98 Å². The molecule has 0 saturated heterocycles. The first kappa shape index (κ1) is 23.1. The van der Waals surface area contributed by atoms with Crippen LogP contribution in [0, 0.1) is 19.8 Å². The van der Waals surface area contributed by atoms with E-state index in [0.29, 0.717) is 19.6 Å². The molecule has 2 aromatic carbocycles. The first-order valence-corrected chi connectivity index (χ1v) is 12.3. The standard InChI is InChI=1S/C29H31N3O3/c1-19-7-10-21(11-8-19)17-32-27-15-23(35-18-22-12-9-20(2)16-30-22)13-14-26(27)31-28(32)24-5-3-4-6-25(24)29(33)34/h7-16,24-25H,3-6,17-18H2,1-2H3,(H,33,34)/t24-,25-/m1/s1. The fourth-order valence-corrected chi connectivity index (χ4v) is 5.01. The van der Waals surface area contributed by atoms with E-state index < -0.39 is 11.9 Å². The van der Waals surface area contributed by atoms with E-state index in [1.54, 1.807) is 0 Å². The number of fused-ring (bicyclic) bond motifs is 1. The second kappa shape index (κ2) is 9.90. The molecule has 0 aliphatic heterocycles. The Morgan fingerprint density at radius 3 is 2.54 bits per heavy atom. The highest BCUT2D eigenvalue weighted by Crippen LogP contribution is 2.39. The summed E-state index contributed by atoms with van der Waals surface area (Å²) in [6.07, 6.45) is 5.37. The monoisotopic (exact) mass is 469 g/mol. The third kappa shape index (κ3) is 5.06. The van der Waals surface area contributed by atoms with Gasteiger partial charge in [-0.05, 0) is 56.0 Å². The van der Waals surface area contributed by atoms with Crippen molar-refractivity contribution in [2.24, 2.45) is 5.92 Å². The van der Waals surface area contributed by atoms with Gasteiger partial charge in [0.1, 0.15) is 18.2 Å². The molecule has 0 amide bonds. The molecule has 2 atom stereocenters. The second-order valence-corrected chi connectivity index (χ2v) is 9.64. The van der Waals surface area contributed by atoms with Crippen molar-refractivity contribution >= 4 is 17.0 Å². The Balaban J connectivity index is 1.52. The zero-order valence-corrected chi connectivity index (χ0v) is 20.3. The summed E-state index contributed by atoms with van der Waals surface area (Å²) in [5.74, 6) is 0.388. The van der Waals surface area contributed by atoms with E-state index in [2.05, 4.69) is 40.7 Å². The molecular formula is C29H31N3O3. The Morgan fingerprint density at radius 2 is 1.80 bits per heavy atom. The first-order valence-electron chi connectivity index (χ1n) is 12.3. The Bertz CT molecular complexity index is 1330. The molecule has 1 N–H and O–H groups in total. The number of carboxylic acids is 1. The van der Waals surface area contributed by atoms with E-state index in [1.165, 1.54) is 5.56 Å². The maximum atomic E-state index is 12.1. The molecule has 5 rings (SSSR count). The zero-order chi connectivity index (χ0) is 24.4. The van der Waals surface area contributed by atoms with Crippen LogP contribution >= 0.6 is 0 Å². The number of aryl methyl sites for hydroxylation is 2. The first-order chi connectivity index (χ1) is 17.0. The fraction of sp³-hybridized carbons (Fsp3) is 0.345. The van der Waals surface area contributed by atoms with E-state index in [1.807, 2.05) is 43.5 Å². The molecular weight excluding hydrogens is 438 g/mol. The number of aromatic nitrogens is 3. The normalized spacial score (nSPS) is 18.0. The molecule has 6 nitrogen and oxygen atoms in total. The van der Waals surface area contributed by atoms with Gasteiger partial charge < -0.3 is 14.4 Å². The van der Waals surface area contributed by atoms with Crippen LogP contribution in [-0.2, 0) is 17.9 Å². The number of carbonyl (C=O) groups is 1. The number of rotatable bonds is 7. The van der Waals surface area contributed by atoms with E-state index in [4.69, 9.17) is 9.72 Å².